The van der Waals surface area contributed by atoms with Crippen molar-refractivity contribution in [3.63, 3.8) is 0 Å². The van der Waals surface area contributed by atoms with Crippen LogP contribution in [-0.4, -0.2) is 34.9 Å². The van der Waals surface area contributed by atoms with Gasteiger partial charge < -0.3 is 5.11 Å². The Morgan fingerprint density at radius 2 is 2.14 bits per heavy atom. The van der Waals surface area contributed by atoms with Gasteiger partial charge >= 0.3 is 5.97 Å². The molecule has 0 amide bonds. The molecule has 0 aliphatic rings. The minimum absolute atomic E-state index is 0.0106. The van der Waals surface area contributed by atoms with Crippen LogP contribution in [0, 0.1) is 0 Å². The fraction of sp³-hybridized carbons (Fsp3) is 0.222. The molecule has 0 fully saturated rings. The summed E-state index contributed by atoms with van der Waals surface area (Å²) in [5.74, 6) is -1.20. The lowest BCUT2D eigenvalue weighted by atomic mass is 10.2. The highest BCUT2D eigenvalue weighted by Gasteiger charge is 2.06. The molecule has 0 aromatic carbocycles. The number of carboxylic acids is 1. The molecule has 0 bridgehead atoms. The van der Waals surface area contributed by atoms with E-state index in [-0.39, 0.29) is 18.9 Å². The Labute approximate surface area is 80.8 Å². The second-order valence-electron chi connectivity index (χ2n) is 2.64. The van der Waals surface area contributed by atoms with Crippen LogP contribution in [0.1, 0.15) is 10.5 Å². The van der Waals surface area contributed by atoms with Crippen molar-refractivity contribution < 1.29 is 14.7 Å². The number of aromatic nitrogens is 1. The molecule has 0 unspecified atom stereocenters. The van der Waals surface area contributed by atoms with E-state index in [2.05, 4.69) is 10.3 Å². The topological polar surface area (TPSA) is 79.3 Å². The van der Waals surface area contributed by atoms with Gasteiger partial charge in [-0.05, 0) is 12.1 Å². The third-order valence-electron chi connectivity index (χ3n) is 1.51. The van der Waals surface area contributed by atoms with E-state index in [1.807, 2.05) is 0 Å². The number of rotatable bonds is 5. The number of Topliss-reactive ketones (excluding diaryl/α,β-unsaturated/α-hetero) is 1. The molecule has 0 atom stereocenters. The van der Waals surface area contributed by atoms with E-state index in [0.29, 0.717) is 5.69 Å². The second kappa shape index (κ2) is 5.08. The van der Waals surface area contributed by atoms with Gasteiger partial charge in [-0.2, -0.15) is 0 Å². The summed E-state index contributed by atoms with van der Waals surface area (Å²) in [7, 11) is 0. The molecule has 2 N–H and O–H groups in total. The first-order chi connectivity index (χ1) is 6.70. The van der Waals surface area contributed by atoms with Crippen molar-refractivity contribution in [3.05, 3.63) is 30.1 Å². The number of carboxylic acid groups (broad SMARTS) is 1. The Morgan fingerprint density at radius 3 is 2.71 bits per heavy atom. The average molecular weight is 194 g/mol. The fourth-order valence-corrected chi connectivity index (χ4v) is 0.901. The van der Waals surface area contributed by atoms with Crippen molar-refractivity contribution in [2.45, 2.75) is 0 Å². The third-order valence-corrected chi connectivity index (χ3v) is 1.51. The predicted octanol–water partition coefficient (Wildman–Crippen LogP) is -0.0615. The summed E-state index contributed by atoms with van der Waals surface area (Å²) in [6, 6.07) is 5.00. The van der Waals surface area contributed by atoms with Gasteiger partial charge in [0.2, 0.25) is 0 Å². The van der Waals surface area contributed by atoms with Crippen molar-refractivity contribution in [1.82, 2.24) is 10.3 Å². The standard InChI is InChI=1S/C9H10N2O3/c12-8(5-10-6-9(13)14)7-3-1-2-4-11-7/h1-4,10H,5-6H2,(H,13,14). The van der Waals surface area contributed by atoms with Crippen LogP contribution in [0.3, 0.4) is 0 Å². The first-order valence-corrected chi connectivity index (χ1v) is 4.07. The minimum Gasteiger partial charge on any atom is -0.480 e. The number of nitrogens with zero attached hydrogens (tertiary/aromatic N) is 1. The number of nitrogens with one attached hydrogen (secondary N) is 1. The molecular formula is C9H10N2O3. The van der Waals surface area contributed by atoms with Crippen LogP contribution in [0.4, 0.5) is 0 Å². The molecule has 14 heavy (non-hydrogen) atoms. The van der Waals surface area contributed by atoms with Gasteiger partial charge in [-0.15, -0.1) is 0 Å². The SMILES string of the molecule is O=C(O)CNCC(=O)c1ccccn1. The third kappa shape index (κ3) is 3.32. The van der Waals surface area contributed by atoms with Crippen LogP contribution < -0.4 is 5.32 Å². The summed E-state index contributed by atoms with van der Waals surface area (Å²) < 4.78 is 0. The Bertz CT molecular complexity index is 324. The Morgan fingerprint density at radius 1 is 1.36 bits per heavy atom. The summed E-state index contributed by atoms with van der Waals surface area (Å²) in [6.45, 7) is -0.234. The summed E-state index contributed by atoms with van der Waals surface area (Å²) in [4.78, 5) is 25.3. The maximum absolute atomic E-state index is 11.3. The number of carbonyl (C=O) groups is 2. The molecule has 5 heteroatoms. The summed E-state index contributed by atoms with van der Waals surface area (Å²) in [5.41, 5.74) is 0.338. The van der Waals surface area contributed by atoms with Gasteiger partial charge in [-0.1, -0.05) is 6.07 Å². The molecule has 1 aromatic heterocycles. The normalized spacial score (nSPS) is 9.71. The van der Waals surface area contributed by atoms with E-state index in [4.69, 9.17) is 5.11 Å². The molecule has 0 saturated carbocycles. The minimum atomic E-state index is -0.987. The van der Waals surface area contributed by atoms with Crippen molar-refractivity contribution >= 4 is 11.8 Å². The van der Waals surface area contributed by atoms with Gasteiger partial charge in [0.1, 0.15) is 5.69 Å². The maximum Gasteiger partial charge on any atom is 0.317 e. The van der Waals surface area contributed by atoms with Gasteiger partial charge in [0.25, 0.3) is 0 Å². The molecule has 0 aliphatic heterocycles. The van der Waals surface area contributed by atoms with Crippen LogP contribution in [0.2, 0.25) is 0 Å². The van der Waals surface area contributed by atoms with E-state index in [0.717, 1.165) is 0 Å². The zero-order valence-corrected chi connectivity index (χ0v) is 7.43. The smallest absolute Gasteiger partial charge is 0.317 e. The zero-order chi connectivity index (χ0) is 10.4. The Balaban J connectivity index is 2.40. The quantitative estimate of drug-likeness (QED) is 0.642. The number of aliphatic carboxylic acids is 1. The van der Waals surface area contributed by atoms with Crippen LogP contribution in [0.15, 0.2) is 24.4 Å². The molecule has 74 valence electrons. The first-order valence-electron chi connectivity index (χ1n) is 4.07. The van der Waals surface area contributed by atoms with E-state index in [1.54, 1.807) is 18.2 Å². The molecule has 0 aliphatic carbocycles. The number of hydrogen-bond donors (Lipinski definition) is 2. The predicted molar refractivity (Wildman–Crippen MR) is 49.1 cm³/mol. The largest absolute Gasteiger partial charge is 0.480 e. The van der Waals surface area contributed by atoms with Crippen molar-refractivity contribution in [3.8, 4) is 0 Å². The van der Waals surface area contributed by atoms with Crippen LogP contribution in [0.5, 0.6) is 0 Å². The molecule has 0 radical (unpaired) electrons. The van der Waals surface area contributed by atoms with Crippen molar-refractivity contribution in [2.24, 2.45) is 0 Å². The van der Waals surface area contributed by atoms with Crippen LogP contribution >= 0.6 is 0 Å². The van der Waals surface area contributed by atoms with E-state index in [9.17, 15) is 9.59 Å². The first kappa shape index (κ1) is 10.3. The maximum atomic E-state index is 11.3. The number of ketones is 1. The van der Waals surface area contributed by atoms with Gasteiger partial charge in [-0.25, -0.2) is 0 Å². The lowest BCUT2D eigenvalue weighted by Crippen LogP contribution is -2.28. The molecule has 1 aromatic rings. The highest BCUT2D eigenvalue weighted by atomic mass is 16.4. The number of carbonyl (C=O) groups excluding carboxylic acids is 1. The Hall–Kier alpha value is -1.75. The lowest BCUT2D eigenvalue weighted by Gasteiger charge is -1.99. The number of pyridine rings is 1. The second-order valence-corrected chi connectivity index (χ2v) is 2.64. The van der Waals surface area contributed by atoms with Gasteiger partial charge in [0.15, 0.2) is 5.78 Å². The van der Waals surface area contributed by atoms with E-state index >= 15 is 0 Å². The molecular weight excluding hydrogens is 184 g/mol. The molecule has 1 rings (SSSR count). The highest BCUT2D eigenvalue weighted by Crippen LogP contribution is 1.93. The molecule has 5 nitrogen and oxygen atoms in total. The molecule has 1 heterocycles. The van der Waals surface area contributed by atoms with E-state index in [1.165, 1.54) is 6.20 Å². The summed E-state index contributed by atoms with van der Waals surface area (Å²) >= 11 is 0. The highest BCUT2D eigenvalue weighted by molar-refractivity contribution is 5.95. The van der Waals surface area contributed by atoms with Crippen molar-refractivity contribution in [2.75, 3.05) is 13.1 Å². The monoisotopic (exact) mass is 194 g/mol. The molecule has 0 saturated heterocycles. The fourth-order valence-electron chi connectivity index (χ4n) is 0.901. The van der Waals surface area contributed by atoms with Crippen molar-refractivity contribution in [1.29, 1.82) is 0 Å². The van der Waals surface area contributed by atoms with Crippen LogP contribution in [0.25, 0.3) is 0 Å². The Kier molecular flexibility index (Phi) is 3.75. The average Bonchev–Trinajstić information content (AvgIpc) is 2.18. The van der Waals surface area contributed by atoms with E-state index < -0.39 is 5.97 Å². The van der Waals surface area contributed by atoms with Gasteiger partial charge in [0.05, 0.1) is 13.1 Å². The summed E-state index contributed by atoms with van der Waals surface area (Å²) in [5, 5.41) is 10.8. The van der Waals surface area contributed by atoms with Gasteiger partial charge in [-0.3, -0.25) is 19.9 Å². The number of hydrogen-bond acceptors (Lipinski definition) is 4. The molecule has 0 spiro atoms. The zero-order valence-electron chi connectivity index (χ0n) is 7.43. The van der Waals surface area contributed by atoms with Crippen LogP contribution in [-0.2, 0) is 4.79 Å². The van der Waals surface area contributed by atoms with Gasteiger partial charge in [0, 0.05) is 6.20 Å². The lowest BCUT2D eigenvalue weighted by molar-refractivity contribution is -0.135. The summed E-state index contributed by atoms with van der Waals surface area (Å²) in [6.07, 6.45) is 1.52.